The number of anilines is 1. The smallest absolute Gasteiger partial charge is 0.263 e. The van der Waals surface area contributed by atoms with Gasteiger partial charge in [-0.25, -0.2) is 9.29 Å². The summed E-state index contributed by atoms with van der Waals surface area (Å²) in [6.07, 6.45) is 0.0650. The topological polar surface area (TPSA) is 113 Å². The third kappa shape index (κ3) is 3.81. The molecule has 33 heavy (non-hydrogen) atoms. The van der Waals surface area contributed by atoms with Crippen LogP contribution in [-0.2, 0) is 16.1 Å². The normalized spacial score (nSPS) is 19.6. The summed E-state index contributed by atoms with van der Waals surface area (Å²) in [7, 11) is 0. The molecule has 0 spiro atoms. The summed E-state index contributed by atoms with van der Waals surface area (Å²) >= 11 is 0. The minimum absolute atomic E-state index is 0.00247. The molecule has 5 rings (SSSR count). The van der Waals surface area contributed by atoms with E-state index < -0.39 is 29.7 Å². The summed E-state index contributed by atoms with van der Waals surface area (Å²) in [5.41, 5.74) is 1.01. The van der Waals surface area contributed by atoms with Crippen LogP contribution in [0.4, 0.5) is 10.1 Å². The highest BCUT2D eigenvalue weighted by Gasteiger charge is 2.55. The number of amides is 2. The van der Waals surface area contributed by atoms with E-state index >= 15 is 0 Å². The number of hydrogen-bond acceptors (Lipinski definition) is 9. The third-order valence-corrected chi connectivity index (χ3v) is 5.19. The number of nitrogens with zero attached hydrogens (tertiary/aromatic N) is 6. The minimum Gasteiger partial charge on any atom is -0.491 e. The van der Waals surface area contributed by atoms with Crippen molar-refractivity contribution >= 4 is 17.5 Å². The van der Waals surface area contributed by atoms with Crippen LogP contribution in [0.5, 0.6) is 5.75 Å². The molecule has 2 aromatic carbocycles. The first-order valence-electron chi connectivity index (χ1n) is 10.3. The molecule has 10 nitrogen and oxygen atoms in total. The zero-order chi connectivity index (χ0) is 23.1. The van der Waals surface area contributed by atoms with Crippen molar-refractivity contribution in [3.63, 3.8) is 0 Å². The Labute approximate surface area is 187 Å². The second-order valence-electron chi connectivity index (χ2n) is 7.88. The first-order valence-corrected chi connectivity index (χ1v) is 10.3. The molecular weight excluding hydrogens is 431 g/mol. The maximum absolute atomic E-state index is 13.2. The van der Waals surface area contributed by atoms with E-state index in [1.54, 1.807) is 0 Å². The predicted molar refractivity (Wildman–Crippen MR) is 112 cm³/mol. The van der Waals surface area contributed by atoms with Gasteiger partial charge in [0.2, 0.25) is 11.7 Å². The lowest BCUT2D eigenvalue weighted by Gasteiger charge is -2.19. The first kappa shape index (κ1) is 20.7. The number of imide groups is 1. The standard InChI is InChI=1S/C22H19FN6O4/c1-12(2)32-16-9-3-13(4-10-16)20-24-17(33-26-20)11-28-19-18(25-27-28)21(30)29(22(19)31)15-7-5-14(23)6-8-15/h3-10,12,18-19H,11H2,1-2H3. The second kappa shape index (κ2) is 8.08. The van der Waals surface area contributed by atoms with Gasteiger partial charge in [-0.2, -0.15) is 10.1 Å². The van der Waals surface area contributed by atoms with E-state index in [4.69, 9.17) is 9.26 Å². The molecule has 1 fully saturated rings. The Morgan fingerprint density at radius 2 is 1.79 bits per heavy atom. The molecule has 3 aromatic rings. The lowest BCUT2D eigenvalue weighted by atomic mass is 10.1. The van der Waals surface area contributed by atoms with Gasteiger partial charge in [-0.15, -0.1) is 0 Å². The Hall–Kier alpha value is -4.15. The number of fused-ring (bicyclic) bond motifs is 1. The highest BCUT2D eigenvalue weighted by Crippen LogP contribution is 2.33. The molecular formula is C22H19FN6O4. The first-order chi connectivity index (χ1) is 15.9. The van der Waals surface area contributed by atoms with Gasteiger partial charge in [0.25, 0.3) is 11.8 Å². The van der Waals surface area contributed by atoms with E-state index in [1.807, 2.05) is 38.1 Å². The summed E-state index contributed by atoms with van der Waals surface area (Å²) < 4.78 is 24.2. The third-order valence-electron chi connectivity index (χ3n) is 5.19. The molecule has 0 aliphatic carbocycles. The molecule has 168 valence electrons. The van der Waals surface area contributed by atoms with Gasteiger partial charge >= 0.3 is 0 Å². The monoisotopic (exact) mass is 450 g/mol. The molecule has 0 bridgehead atoms. The minimum atomic E-state index is -0.974. The maximum atomic E-state index is 13.2. The lowest BCUT2D eigenvalue weighted by Crippen LogP contribution is -2.39. The van der Waals surface area contributed by atoms with Crippen molar-refractivity contribution in [2.45, 2.75) is 38.6 Å². The van der Waals surface area contributed by atoms with E-state index in [0.717, 1.165) is 16.2 Å². The molecule has 2 aliphatic heterocycles. The zero-order valence-electron chi connectivity index (χ0n) is 17.8. The van der Waals surface area contributed by atoms with Gasteiger partial charge in [0.05, 0.1) is 11.8 Å². The Kier molecular flexibility index (Phi) is 5.08. The summed E-state index contributed by atoms with van der Waals surface area (Å²) in [5.74, 6) is -0.159. The number of ether oxygens (including phenoxy) is 1. The van der Waals surface area contributed by atoms with E-state index in [-0.39, 0.29) is 24.2 Å². The largest absolute Gasteiger partial charge is 0.491 e. The van der Waals surface area contributed by atoms with Crippen LogP contribution in [0.2, 0.25) is 0 Å². The van der Waals surface area contributed by atoms with Crippen LogP contribution >= 0.6 is 0 Å². The summed E-state index contributed by atoms with van der Waals surface area (Å²) in [4.78, 5) is 31.1. The number of halogens is 1. The number of rotatable bonds is 6. The number of carbonyl (C=O) groups excluding carboxylic acids is 2. The van der Waals surface area contributed by atoms with E-state index in [1.165, 1.54) is 29.3 Å². The van der Waals surface area contributed by atoms with Gasteiger partial charge in [-0.3, -0.25) is 14.6 Å². The summed E-state index contributed by atoms with van der Waals surface area (Å²) in [6.45, 7) is 3.89. The number of hydrogen-bond donors (Lipinski definition) is 0. The van der Waals surface area contributed by atoms with Crippen molar-refractivity contribution in [2.24, 2.45) is 10.3 Å². The van der Waals surface area contributed by atoms with Crippen molar-refractivity contribution in [3.05, 3.63) is 60.2 Å². The van der Waals surface area contributed by atoms with Gasteiger partial charge in [0, 0.05) is 5.56 Å². The van der Waals surface area contributed by atoms with E-state index in [0.29, 0.717) is 5.82 Å². The zero-order valence-corrected chi connectivity index (χ0v) is 17.8. The van der Waals surface area contributed by atoms with Gasteiger partial charge in [-0.1, -0.05) is 10.4 Å². The SMILES string of the molecule is CC(C)Oc1ccc(-c2noc(CN3N=NC4C(=O)N(c5ccc(F)cc5)C(=O)C43)n2)cc1. The highest BCUT2D eigenvalue weighted by atomic mass is 19.1. The van der Waals surface area contributed by atoms with Crippen LogP contribution in [0, 0.1) is 5.82 Å². The molecule has 1 aromatic heterocycles. The second-order valence-corrected chi connectivity index (χ2v) is 7.88. The average molecular weight is 450 g/mol. The fraction of sp³-hybridized carbons (Fsp3) is 0.273. The average Bonchev–Trinajstić information content (AvgIpc) is 3.48. The molecule has 2 amide bonds. The van der Waals surface area contributed by atoms with Crippen LogP contribution in [-0.4, -0.2) is 45.2 Å². The van der Waals surface area contributed by atoms with Gasteiger partial charge in [0.1, 0.15) is 18.1 Å². The molecule has 0 N–H and O–H groups in total. The molecule has 0 radical (unpaired) electrons. The molecule has 2 atom stereocenters. The number of aromatic nitrogens is 2. The van der Waals surface area contributed by atoms with Crippen LogP contribution in [0.15, 0.2) is 63.4 Å². The van der Waals surface area contributed by atoms with Crippen molar-refractivity contribution in [1.29, 1.82) is 0 Å². The fourth-order valence-corrected chi connectivity index (χ4v) is 3.73. The van der Waals surface area contributed by atoms with Crippen molar-refractivity contribution in [2.75, 3.05) is 4.90 Å². The molecule has 11 heteroatoms. The predicted octanol–water partition coefficient (Wildman–Crippen LogP) is 3.16. The molecule has 2 unspecified atom stereocenters. The van der Waals surface area contributed by atoms with Gasteiger partial charge < -0.3 is 9.26 Å². The Bertz CT molecular complexity index is 1220. The van der Waals surface area contributed by atoms with Crippen LogP contribution in [0.25, 0.3) is 11.4 Å². The maximum Gasteiger partial charge on any atom is 0.263 e. The Balaban J connectivity index is 1.31. The highest BCUT2D eigenvalue weighted by molar-refractivity contribution is 6.25. The molecule has 0 saturated carbocycles. The van der Waals surface area contributed by atoms with Gasteiger partial charge in [0.15, 0.2) is 12.1 Å². The van der Waals surface area contributed by atoms with E-state index in [2.05, 4.69) is 20.5 Å². The van der Waals surface area contributed by atoms with Crippen LogP contribution < -0.4 is 9.64 Å². The van der Waals surface area contributed by atoms with E-state index in [9.17, 15) is 14.0 Å². The van der Waals surface area contributed by atoms with Gasteiger partial charge in [-0.05, 0) is 62.4 Å². The fourth-order valence-electron chi connectivity index (χ4n) is 3.73. The van der Waals surface area contributed by atoms with Crippen LogP contribution in [0.1, 0.15) is 19.7 Å². The summed E-state index contributed by atoms with van der Waals surface area (Å²) in [5, 5.41) is 13.3. The van der Waals surface area contributed by atoms with Crippen molar-refractivity contribution in [1.82, 2.24) is 15.1 Å². The Morgan fingerprint density at radius 3 is 2.48 bits per heavy atom. The number of carbonyl (C=O) groups is 2. The Morgan fingerprint density at radius 1 is 1.06 bits per heavy atom. The molecule has 1 saturated heterocycles. The van der Waals surface area contributed by atoms with Crippen molar-refractivity contribution in [3.8, 4) is 17.1 Å². The van der Waals surface area contributed by atoms with Crippen LogP contribution in [0.3, 0.4) is 0 Å². The molecule has 3 heterocycles. The lowest BCUT2D eigenvalue weighted by molar-refractivity contribution is -0.123. The summed E-state index contributed by atoms with van der Waals surface area (Å²) in [6, 6.07) is 10.5. The molecule has 2 aliphatic rings. The quantitative estimate of drug-likeness (QED) is 0.530. The number of benzene rings is 2. The van der Waals surface area contributed by atoms with Crippen molar-refractivity contribution < 1.29 is 23.2 Å².